The van der Waals surface area contributed by atoms with Gasteiger partial charge in [0, 0.05) is 20.3 Å². The van der Waals surface area contributed by atoms with Gasteiger partial charge in [0.05, 0.1) is 11.4 Å². The van der Waals surface area contributed by atoms with Gasteiger partial charge < -0.3 is 4.74 Å². The highest BCUT2D eigenvalue weighted by Gasteiger charge is 2.22. The Balaban J connectivity index is 2.23. The van der Waals surface area contributed by atoms with E-state index in [-0.39, 0.29) is 11.6 Å². The smallest absolute Gasteiger partial charge is 0.275 e. The molecule has 2 aromatic heterocycles. The van der Waals surface area contributed by atoms with Crippen molar-refractivity contribution >= 4 is 22.6 Å². The lowest BCUT2D eigenvalue weighted by Gasteiger charge is -2.25. The van der Waals surface area contributed by atoms with Crippen LogP contribution in [0.25, 0.3) is 11.0 Å². The number of fused-ring (bicyclic) bond motifs is 1. The van der Waals surface area contributed by atoms with Gasteiger partial charge in [-0.05, 0) is 25.0 Å². The summed E-state index contributed by atoms with van der Waals surface area (Å²) in [5.74, 6) is 0. The predicted octanol–water partition coefficient (Wildman–Crippen LogP) is 1.74. The molecular weight excluding hydrogens is 254 g/mol. The molecule has 1 aliphatic rings. The summed E-state index contributed by atoms with van der Waals surface area (Å²) >= 11 is 5.93. The van der Waals surface area contributed by atoms with Crippen LogP contribution in [0.1, 0.15) is 18.9 Å². The second-order valence-electron chi connectivity index (χ2n) is 4.52. The molecule has 96 valence electrons. The summed E-state index contributed by atoms with van der Waals surface area (Å²) < 4.78 is 8.94. The number of rotatable bonds is 1. The summed E-state index contributed by atoms with van der Waals surface area (Å²) in [6, 6.07) is 3.64. The third kappa shape index (κ3) is 1.74. The van der Waals surface area contributed by atoms with Gasteiger partial charge in [-0.1, -0.05) is 11.6 Å². The van der Waals surface area contributed by atoms with E-state index in [1.807, 2.05) is 4.68 Å². The Hall–Kier alpha value is -1.33. The van der Waals surface area contributed by atoms with Crippen LogP contribution in [-0.2, 0) is 11.8 Å². The van der Waals surface area contributed by atoms with Crippen LogP contribution in [0.3, 0.4) is 0 Å². The Morgan fingerprint density at radius 2 is 2.11 bits per heavy atom. The lowest BCUT2D eigenvalue weighted by atomic mass is 10.1. The van der Waals surface area contributed by atoms with E-state index in [1.54, 1.807) is 23.9 Å². The van der Waals surface area contributed by atoms with Crippen LogP contribution < -0.4 is 5.56 Å². The Bertz CT molecular complexity index is 641. The van der Waals surface area contributed by atoms with Gasteiger partial charge in [0.15, 0.2) is 5.65 Å². The number of hydrogen-bond acceptors (Lipinski definition) is 3. The molecule has 3 heterocycles. The number of nitrogens with zero attached hydrogens (tertiary/aromatic N) is 3. The molecule has 1 saturated heterocycles. The van der Waals surface area contributed by atoms with Gasteiger partial charge >= 0.3 is 0 Å². The molecule has 2 aromatic rings. The molecule has 0 spiro atoms. The fourth-order valence-corrected chi connectivity index (χ4v) is 2.67. The minimum Gasteiger partial charge on any atom is -0.381 e. The first kappa shape index (κ1) is 11.7. The Morgan fingerprint density at radius 1 is 1.39 bits per heavy atom. The Kier molecular flexibility index (Phi) is 2.87. The minimum atomic E-state index is -0.0272. The van der Waals surface area contributed by atoms with E-state index in [4.69, 9.17) is 16.3 Å². The molecule has 0 unspecified atom stereocenters. The maximum atomic E-state index is 12.1. The summed E-state index contributed by atoms with van der Waals surface area (Å²) in [4.78, 5) is 16.4. The number of aromatic nitrogens is 3. The zero-order valence-electron chi connectivity index (χ0n) is 10.1. The number of hydrogen-bond donors (Lipinski definition) is 0. The van der Waals surface area contributed by atoms with Crippen LogP contribution >= 0.6 is 11.6 Å². The monoisotopic (exact) mass is 267 g/mol. The van der Waals surface area contributed by atoms with Crippen molar-refractivity contribution in [1.29, 1.82) is 0 Å². The SMILES string of the molecule is Cn1c(=O)c2ccc(Cl)nc2n1C1CCOCC1. The van der Waals surface area contributed by atoms with Crippen molar-refractivity contribution in [2.45, 2.75) is 18.9 Å². The lowest BCUT2D eigenvalue weighted by molar-refractivity contribution is 0.0641. The van der Waals surface area contributed by atoms with Crippen LogP contribution in [0, 0.1) is 0 Å². The summed E-state index contributed by atoms with van der Waals surface area (Å²) in [6.07, 6.45) is 1.79. The molecule has 0 atom stereocenters. The molecule has 0 saturated carbocycles. The topological polar surface area (TPSA) is 49.0 Å². The molecule has 1 fully saturated rings. The van der Waals surface area contributed by atoms with E-state index in [9.17, 15) is 4.79 Å². The van der Waals surface area contributed by atoms with Crippen molar-refractivity contribution in [3.63, 3.8) is 0 Å². The highest BCUT2D eigenvalue weighted by atomic mass is 35.5. The molecule has 6 heteroatoms. The third-order valence-electron chi connectivity index (χ3n) is 3.44. The molecule has 1 aliphatic heterocycles. The van der Waals surface area contributed by atoms with Crippen molar-refractivity contribution in [2.75, 3.05) is 13.2 Å². The van der Waals surface area contributed by atoms with Crippen molar-refractivity contribution < 1.29 is 4.74 Å². The van der Waals surface area contributed by atoms with Gasteiger partial charge in [-0.15, -0.1) is 0 Å². The normalized spacial score (nSPS) is 17.4. The van der Waals surface area contributed by atoms with Gasteiger partial charge in [0.1, 0.15) is 5.15 Å². The van der Waals surface area contributed by atoms with E-state index < -0.39 is 0 Å². The first-order valence-corrected chi connectivity index (χ1v) is 6.38. The summed E-state index contributed by atoms with van der Waals surface area (Å²) in [7, 11) is 1.77. The molecule has 0 aromatic carbocycles. The average molecular weight is 268 g/mol. The van der Waals surface area contributed by atoms with Crippen molar-refractivity contribution in [2.24, 2.45) is 7.05 Å². The molecule has 5 nitrogen and oxygen atoms in total. The quantitative estimate of drug-likeness (QED) is 0.740. The van der Waals surface area contributed by atoms with Gasteiger partial charge in [0.2, 0.25) is 0 Å². The van der Waals surface area contributed by atoms with Crippen LogP contribution in [0.2, 0.25) is 5.15 Å². The first-order valence-electron chi connectivity index (χ1n) is 6.00. The standard InChI is InChI=1S/C12H14ClN3O2/c1-15-12(17)9-2-3-10(13)14-11(9)16(15)8-4-6-18-7-5-8/h2-3,8H,4-7H2,1H3. The maximum absolute atomic E-state index is 12.1. The summed E-state index contributed by atoms with van der Waals surface area (Å²) in [6.45, 7) is 1.44. The van der Waals surface area contributed by atoms with Crippen LogP contribution in [-0.4, -0.2) is 27.6 Å². The zero-order valence-corrected chi connectivity index (χ0v) is 10.9. The van der Waals surface area contributed by atoms with E-state index >= 15 is 0 Å². The van der Waals surface area contributed by atoms with Gasteiger partial charge in [-0.25, -0.2) is 4.98 Å². The van der Waals surface area contributed by atoms with Crippen molar-refractivity contribution in [1.82, 2.24) is 14.3 Å². The average Bonchev–Trinajstić information content (AvgIpc) is 2.63. The van der Waals surface area contributed by atoms with E-state index in [1.165, 1.54) is 0 Å². The largest absolute Gasteiger partial charge is 0.381 e. The van der Waals surface area contributed by atoms with Gasteiger partial charge in [0.25, 0.3) is 5.56 Å². The van der Waals surface area contributed by atoms with E-state index in [0.717, 1.165) is 26.1 Å². The second-order valence-corrected chi connectivity index (χ2v) is 4.91. The lowest BCUT2D eigenvalue weighted by Crippen LogP contribution is -2.27. The van der Waals surface area contributed by atoms with Crippen molar-refractivity contribution in [3.05, 3.63) is 27.6 Å². The predicted molar refractivity (Wildman–Crippen MR) is 69.1 cm³/mol. The third-order valence-corrected chi connectivity index (χ3v) is 3.65. The number of pyridine rings is 1. The Morgan fingerprint density at radius 3 is 2.83 bits per heavy atom. The highest BCUT2D eigenvalue weighted by Crippen LogP contribution is 2.24. The fourth-order valence-electron chi connectivity index (χ4n) is 2.53. The molecule has 18 heavy (non-hydrogen) atoms. The molecule has 3 rings (SSSR count). The van der Waals surface area contributed by atoms with Crippen LogP contribution in [0.15, 0.2) is 16.9 Å². The molecule has 0 N–H and O–H groups in total. The highest BCUT2D eigenvalue weighted by molar-refractivity contribution is 6.29. The molecule has 0 amide bonds. The van der Waals surface area contributed by atoms with Crippen molar-refractivity contribution in [3.8, 4) is 0 Å². The molecular formula is C12H14ClN3O2. The maximum Gasteiger partial charge on any atom is 0.275 e. The Labute approximate surface area is 109 Å². The summed E-state index contributed by atoms with van der Waals surface area (Å²) in [5.41, 5.74) is 0.641. The van der Waals surface area contributed by atoms with Crippen LogP contribution in [0.4, 0.5) is 0 Å². The fraction of sp³-hybridized carbons (Fsp3) is 0.500. The number of halogens is 1. The molecule has 0 aliphatic carbocycles. The second kappa shape index (κ2) is 4.40. The number of ether oxygens (including phenoxy) is 1. The van der Waals surface area contributed by atoms with E-state index in [0.29, 0.717) is 16.2 Å². The first-order chi connectivity index (χ1) is 8.68. The van der Waals surface area contributed by atoms with Gasteiger partial charge in [-0.3, -0.25) is 14.2 Å². The van der Waals surface area contributed by atoms with E-state index in [2.05, 4.69) is 4.98 Å². The van der Waals surface area contributed by atoms with Gasteiger partial charge in [-0.2, -0.15) is 0 Å². The minimum absolute atomic E-state index is 0.0272. The molecule has 0 radical (unpaired) electrons. The van der Waals surface area contributed by atoms with Crippen LogP contribution in [0.5, 0.6) is 0 Å². The molecule has 0 bridgehead atoms. The zero-order chi connectivity index (χ0) is 12.7. The summed E-state index contributed by atoms with van der Waals surface area (Å²) in [5, 5.41) is 1.03.